The number of aliphatic hydroxyl groups excluding tert-OH is 2. The van der Waals surface area contributed by atoms with Crippen molar-refractivity contribution >= 4 is 5.82 Å². The lowest BCUT2D eigenvalue weighted by Gasteiger charge is -2.34. The van der Waals surface area contributed by atoms with E-state index in [2.05, 4.69) is 9.88 Å². The van der Waals surface area contributed by atoms with Crippen LogP contribution in [0.15, 0.2) is 12.1 Å². The fraction of sp³-hybridized carbons (Fsp3) is 0.615. The zero-order valence-corrected chi connectivity index (χ0v) is 10.4. The van der Waals surface area contributed by atoms with Crippen molar-refractivity contribution < 1.29 is 10.2 Å². The van der Waals surface area contributed by atoms with Gasteiger partial charge < -0.3 is 15.1 Å². The maximum absolute atomic E-state index is 9.25. The first-order chi connectivity index (χ1) is 8.10. The van der Waals surface area contributed by atoms with E-state index >= 15 is 0 Å². The molecule has 0 bridgehead atoms. The molecule has 4 nitrogen and oxygen atoms in total. The molecule has 0 aromatic carbocycles. The van der Waals surface area contributed by atoms with Crippen molar-refractivity contribution in [3.8, 4) is 0 Å². The smallest absolute Gasteiger partial charge is 0.128 e. The van der Waals surface area contributed by atoms with E-state index < -0.39 is 0 Å². The van der Waals surface area contributed by atoms with Gasteiger partial charge in [-0.1, -0.05) is 6.07 Å². The van der Waals surface area contributed by atoms with Crippen LogP contribution in [0.5, 0.6) is 0 Å². The van der Waals surface area contributed by atoms with Gasteiger partial charge in [0, 0.05) is 19.3 Å². The van der Waals surface area contributed by atoms with Crippen LogP contribution in [0.2, 0.25) is 0 Å². The Kier molecular flexibility index (Phi) is 3.64. The summed E-state index contributed by atoms with van der Waals surface area (Å²) in [5.41, 5.74) is 1.76. The number of rotatable bonds is 4. The van der Waals surface area contributed by atoms with E-state index in [0.29, 0.717) is 5.92 Å². The van der Waals surface area contributed by atoms with Crippen LogP contribution < -0.4 is 4.90 Å². The third kappa shape index (κ3) is 2.76. The lowest BCUT2D eigenvalue weighted by molar-refractivity contribution is 0.0464. The minimum Gasteiger partial charge on any atom is -0.393 e. The number of hydrogen-bond donors (Lipinski definition) is 2. The first kappa shape index (κ1) is 12.3. The van der Waals surface area contributed by atoms with Crippen LogP contribution in [0, 0.1) is 12.8 Å². The highest BCUT2D eigenvalue weighted by molar-refractivity contribution is 5.40. The second-order valence-corrected chi connectivity index (χ2v) is 4.94. The van der Waals surface area contributed by atoms with Crippen LogP contribution >= 0.6 is 0 Å². The quantitative estimate of drug-likeness (QED) is 0.821. The average molecular weight is 236 g/mol. The van der Waals surface area contributed by atoms with Gasteiger partial charge in [0.15, 0.2) is 0 Å². The monoisotopic (exact) mass is 236 g/mol. The number of nitrogens with zero attached hydrogens (tertiary/aromatic N) is 2. The predicted octanol–water partition coefficient (Wildman–Crippen LogP) is 1.09. The number of aliphatic hydroxyl groups is 2. The van der Waals surface area contributed by atoms with Crippen LogP contribution in [0.4, 0.5) is 5.82 Å². The molecule has 2 rings (SSSR count). The van der Waals surface area contributed by atoms with Crippen LogP contribution in [-0.4, -0.2) is 34.9 Å². The molecule has 0 atom stereocenters. The van der Waals surface area contributed by atoms with Gasteiger partial charge in [-0.15, -0.1) is 0 Å². The second kappa shape index (κ2) is 5.02. The number of aromatic nitrogens is 1. The SMILES string of the molecule is Cc1nc(N(C)CC2CC(O)C2)ccc1CO. The number of hydrogen-bond acceptors (Lipinski definition) is 4. The van der Waals surface area contributed by atoms with Crippen molar-refractivity contribution in [3.05, 3.63) is 23.4 Å². The first-order valence-electron chi connectivity index (χ1n) is 6.06. The molecule has 94 valence electrons. The molecule has 2 N–H and O–H groups in total. The molecule has 0 aliphatic heterocycles. The van der Waals surface area contributed by atoms with Crippen molar-refractivity contribution in [2.75, 3.05) is 18.5 Å². The Labute approximate surface area is 102 Å². The van der Waals surface area contributed by atoms with Gasteiger partial charge >= 0.3 is 0 Å². The maximum atomic E-state index is 9.25. The van der Waals surface area contributed by atoms with Crippen molar-refractivity contribution in [1.29, 1.82) is 0 Å². The summed E-state index contributed by atoms with van der Waals surface area (Å²) >= 11 is 0. The summed E-state index contributed by atoms with van der Waals surface area (Å²) in [5, 5.41) is 18.3. The highest BCUT2D eigenvalue weighted by atomic mass is 16.3. The van der Waals surface area contributed by atoms with Crippen molar-refractivity contribution in [2.24, 2.45) is 5.92 Å². The highest BCUT2D eigenvalue weighted by Crippen LogP contribution is 2.28. The summed E-state index contributed by atoms with van der Waals surface area (Å²) in [4.78, 5) is 6.59. The van der Waals surface area contributed by atoms with Crippen molar-refractivity contribution in [3.63, 3.8) is 0 Å². The molecule has 1 aromatic rings. The summed E-state index contributed by atoms with van der Waals surface area (Å²) in [7, 11) is 2.02. The van der Waals surface area contributed by atoms with Gasteiger partial charge in [0.1, 0.15) is 5.82 Å². The van der Waals surface area contributed by atoms with Crippen molar-refractivity contribution in [2.45, 2.75) is 32.5 Å². The Hall–Kier alpha value is -1.13. The fourth-order valence-electron chi connectivity index (χ4n) is 2.29. The minimum atomic E-state index is -0.0974. The molecule has 1 aromatic heterocycles. The molecule has 0 unspecified atom stereocenters. The standard InChI is InChI=1S/C13H20N2O2/c1-9-11(8-16)3-4-13(14-9)15(2)7-10-5-12(17)6-10/h3-4,10,12,16-17H,5-8H2,1-2H3. The Bertz CT molecular complexity index is 389. The van der Waals surface area contributed by atoms with Gasteiger partial charge in [-0.2, -0.15) is 0 Å². The fourth-order valence-corrected chi connectivity index (χ4v) is 2.29. The number of anilines is 1. The Morgan fingerprint density at radius 3 is 2.65 bits per heavy atom. The Morgan fingerprint density at radius 2 is 2.12 bits per heavy atom. The van der Waals surface area contributed by atoms with Crippen molar-refractivity contribution in [1.82, 2.24) is 4.98 Å². The first-order valence-corrected chi connectivity index (χ1v) is 6.06. The Balaban J connectivity index is 1.99. The topological polar surface area (TPSA) is 56.6 Å². The van der Waals surface area contributed by atoms with Gasteiger partial charge in [-0.25, -0.2) is 4.98 Å². The maximum Gasteiger partial charge on any atom is 0.128 e. The lowest BCUT2D eigenvalue weighted by Crippen LogP contribution is -2.37. The normalized spacial score (nSPS) is 23.3. The number of pyridine rings is 1. The van der Waals surface area contributed by atoms with E-state index in [1.165, 1.54) is 0 Å². The molecule has 0 amide bonds. The molecular weight excluding hydrogens is 216 g/mol. The van der Waals surface area contributed by atoms with E-state index in [-0.39, 0.29) is 12.7 Å². The molecule has 0 saturated heterocycles. The van der Waals surface area contributed by atoms with Crippen LogP contribution in [0.1, 0.15) is 24.1 Å². The molecule has 0 spiro atoms. The Morgan fingerprint density at radius 1 is 1.41 bits per heavy atom. The van der Waals surface area contributed by atoms with Gasteiger partial charge in [0.05, 0.1) is 12.7 Å². The molecule has 4 heteroatoms. The zero-order valence-electron chi connectivity index (χ0n) is 10.4. The minimum absolute atomic E-state index is 0.0393. The highest BCUT2D eigenvalue weighted by Gasteiger charge is 2.28. The van der Waals surface area contributed by atoms with Gasteiger partial charge in [-0.05, 0) is 37.3 Å². The molecule has 1 heterocycles. The molecule has 1 saturated carbocycles. The second-order valence-electron chi connectivity index (χ2n) is 4.94. The molecule has 0 radical (unpaired) electrons. The number of aryl methyl sites for hydroxylation is 1. The largest absolute Gasteiger partial charge is 0.393 e. The third-order valence-electron chi connectivity index (χ3n) is 3.48. The van der Waals surface area contributed by atoms with Crippen LogP contribution in [-0.2, 0) is 6.61 Å². The van der Waals surface area contributed by atoms with Crippen LogP contribution in [0.3, 0.4) is 0 Å². The summed E-state index contributed by atoms with van der Waals surface area (Å²) in [5.74, 6) is 1.51. The van der Waals surface area contributed by atoms with Gasteiger partial charge in [0.25, 0.3) is 0 Å². The van der Waals surface area contributed by atoms with E-state index in [1.807, 2.05) is 26.1 Å². The van der Waals surface area contributed by atoms with E-state index in [1.54, 1.807) is 0 Å². The lowest BCUT2D eigenvalue weighted by atomic mass is 9.82. The molecule has 1 aliphatic carbocycles. The van der Waals surface area contributed by atoms with E-state index in [4.69, 9.17) is 5.11 Å². The molecule has 17 heavy (non-hydrogen) atoms. The molecule has 1 fully saturated rings. The van der Waals surface area contributed by atoms with Crippen LogP contribution in [0.25, 0.3) is 0 Å². The summed E-state index contributed by atoms with van der Waals surface area (Å²) in [6.45, 7) is 2.88. The van der Waals surface area contributed by atoms with Gasteiger partial charge in [0.2, 0.25) is 0 Å². The zero-order chi connectivity index (χ0) is 12.4. The molecular formula is C13H20N2O2. The summed E-state index contributed by atoms with van der Waals surface area (Å²) < 4.78 is 0. The van der Waals surface area contributed by atoms with E-state index in [0.717, 1.165) is 36.5 Å². The predicted molar refractivity (Wildman–Crippen MR) is 66.9 cm³/mol. The summed E-state index contributed by atoms with van der Waals surface area (Å²) in [6, 6.07) is 3.86. The summed E-state index contributed by atoms with van der Waals surface area (Å²) in [6.07, 6.45) is 1.70. The van der Waals surface area contributed by atoms with E-state index in [9.17, 15) is 5.11 Å². The third-order valence-corrected chi connectivity index (χ3v) is 3.48. The average Bonchev–Trinajstić information content (AvgIpc) is 2.26. The molecule has 1 aliphatic rings. The van der Waals surface area contributed by atoms with Gasteiger partial charge in [-0.3, -0.25) is 0 Å².